The van der Waals surface area contributed by atoms with E-state index in [-0.39, 0.29) is 34.2 Å². The van der Waals surface area contributed by atoms with Crippen LogP contribution in [-0.2, 0) is 16.6 Å². The maximum Gasteiger partial charge on any atom is 0.163 e. The fraction of sp³-hybridized carbons (Fsp3) is 0.217. The quantitative estimate of drug-likeness (QED) is 0.490. The normalized spacial score (nSPS) is 13.5. The predicted molar refractivity (Wildman–Crippen MR) is 112 cm³/mol. The predicted octanol–water partition coefficient (Wildman–Crippen LogP) is 5.09. The SMILES string of the molecule is CC(=O)/C(=C(/C)O)c1ccc2c(c1)c1cc(/C(C(C)=O)=C(\C)O)ccc1n2C. The van der Waals surface area contributed by atoms with Crippen molar-refractivity contribution < 1.29 is 19.8 Å². The summed E-state index contributed by atoms with van der Waals surface area (Å²) in [5, 5.41) is 21.7. The Morgan fingerprint density at radius 2 is 1.07 bits per heavy atom. The van der Waals surface area contributed by atoms with Gasteiger partial charge in [-0.15, -0.1) is 0 Å². The van der Waals surface area contributed by atoms with Crippen LogP contribution in [0.4, 0.5) is 0 Å². The number of nitrogens with zero attached hydrogens (tertiary/aromatic N) is 1. The number of aliphatic hydroxyl groups is 2. The average Bonchev–Trinajstić information content (AvgIpc) is 2.86. The molecule has 0 amide bonds. The van der Waals surface area contributed by atoms with Gasteiger partial charge in [-0.05, 0) is 63.1 Å². The first-order valence-electron chi connectivity index (χ1n) is 8.98. The van der Waals surface area contributed by atoms with Crippen molar-refractivity contribution in [2.75, 3.05) is 0 Å². The Balaban J connectivity index is 2.37. The Kier molecular flexibility index (Phi) is 4.86. The van der Waals surface area contributed by atoms with Crippen LogP contribution < -0.4 is 0 Å². The van der Waals surface area contributed by atoms with Gasteiger partial charge in [0.2, 0.25) is 0 Å². The second-order valence-electron chi connectivity index (χ2n) is 7.06. The van der Waals surface area contributed by atoms with E-state index in [1.54, 1.807) is 0 Å². The first-order valence-corrected chi connectivity index (χ1v) is 8.98. The van der Waals surface area contributed by atoms with Gasteiger partial charge >= 0.3 is 0 Å². The number of rotatable bonds is 4. The molecular weight excluding hydrogens is 354 g/mol. The van der Waals surface area contributed by atoms with E-state index in [1.165, 1.54) is 27.7 Å². The van der Waals surface area contributed by atoms with Gasteiger partial charge in [0.05, 0.1) is 11.1 Å². The molecule has 5 nitrogen and oxygen atoms in total. The number of aliphatic hydroxyl groups excluding tert-OH is 2. The van der Waals surface area contributed by atoms with Crippen LogP contribution in [-0.4, -0.2) is 26.3 Å². The molecule has 0 spiro atoms. The highest BCUT2D eigenvalue weighted by molar-refractivity contribution is 6.23. The van der Waals surface area contributed by atoms with Crippen LogP contribution in [0.2, 0.25) is 0 Å². The minimum Gasteiger partial charge on any atom is -0.512 e. The van der Waals surface area contributed by atoms with E-state index in [0.717, 1.165) is 21.8 Å². The summed E-state index contributed by atoms with van der Waals surface area (Å²) in [4.78, 5) is 24.0. The zero-order chi connectivity index (χ0) is 20.7. The van der Waals surface area contributed by atoms with Gasteiger partial charge in [-0.25, -0.2) is 0 Å². The summed E-state index contributed by atoms with van der Waals surface area (Å²) in [5.74, 6) is -0.466. The first kappa shape index (κ1) is 19.4. The lowest BCUT2D eigenvalue weighted by Crippen LogP contribution is -1.99. The molecule has 0 aliphatic rings. The number of Topliss-reactive ketones (excluding diaryl/α,β-unsaturated/α-hetero) is 2. The molecule has 1 aromatic heterocycles. The molecular formula is C23H23NO4. The fourth-order valence-electron chi connectivity index (χ4n) is 3.86. The Morgan fingerprint density at radius 1 is 0.714 bits per heavy atom. The number of carbonyl (C=O) groups is 2. The molecule has 0 unspecified atom stereocenters. The molecule has 3 aromatic rings. The van der Waals surface area contributed by atoms with Crippen LogP contribution in [0.15, 0.2) is 47.9 Å². The summed E-state index contributed by atoms with van der Waals surface area (Å²) >= 11 is 0. The Labute approximate surface area is 163 Å². The van der Waals surface area contributed by atoms with Gasteiger partial charge in [0.25, 0.3) is 0 Å². The third-order valence-electron chi connectivity index (χ3n) is 5.01. The fourth-order valence-corrected chi connectivity index (χ4v) is 3.86. The minimum atomic E-state index is -0.210. The summed E-state index contributed by atoms with van der Waals surface area (Å²) in [5.41, 5.74) is 3.76. The molecule has 1 heterocycles. The molecule has 0 saturated heterocycles. The van der Waals surface area contributed by atoms with E-state index in [1.807, 2.05) is 48.0 Å². The number of hydrogen-bond donors (Lipinski definition) is 2. The summed E-state index contributed by atoms with van der Waals surface area (Å²) in [6.45, 7) is 5.84. The van der Waals surface area contributed by atoms with Crippen molar-refractivity contribution in [1.29, 1.82) is 0 Å². The zero-order valence-corrected chi connectivity index (χ0v) is 16.6. The van der Waals surface area contributed by atoms with Crippen LogP contribution >= 0.6 is 0 Å². The Hall–Kier alpha value is -3.34. The summed E-state index contributed by atoms with van der Waals surface area (Å²) in [7, 11) is 1.95. The lowest BCUT2D eigenvalue weighted by Gasteiger charge is -2.07. The lowest BCUT2D eigenvalue weighted by atomic mass is 9.97. The van der Waals surface area contributed by atoms with Gasteiger partial charge in [-0.3, -0.25) is 9.59 Å². The minimum absolute atomic E-state index is 0.0227. The van der Waals surface area contributed by atoms with Gasteiger partial charge in [0.15, 0.2) is 11.6 Å². The van der Waals surface area contributed by atoms with Crippen LogP contribution in [0.25, 0.3) is 33.0 Å². The number of benzene rings is 2. The molecule has 2 N–H and O–H groups in total. The van der Waals surface area contributed by atoms with Gasteiger partial charge in [-0.2, -0.15) is 0 Å². The topological polar surface area (TPSA) is 79.5 Å². The number of ketones is 2. The number of allylic oxidation sites excluding steroid dienone is 4. The van der Waals surface area contributed by atoms with Crippen molar-refractivity contribution in [2.24, 2.45) is 7.05 Å². The monoisotopic (exact) mass is 377 g/mol. The van der Waals surface area contributed by atoms with E-state index in [2.05, 4.69) is 0 Å². The average molecular weight is 377 g/mol. The van der Waals surface area contributed by atoms with Crippen molar-refractivity contribution in [2.45, 2.75) is 27.7 Å². The number of aromatic nitrogens is 1. The van der Waals surface area contributed by atoms with Crippen LogP contribution in [0.5, 0.6) is 0 Å². The number of hydrogen-bond acceptors (Lipinski definition) is 4. The standard InChI is InChI=1S/C23H23NO4/c1-12(25)22(13(2)26)16-6-8-20-18(10-16)19-11-17(7-9-21(19)24(20)5)23(14(3)27)15(4)28/h6-11,25,27H,1-5H3/b22-12+,23-14+. The number of fused-ring (bicyclic) bond motifs is 3. The van der Waals surface area contributed by atoms with Gasteiger partial charge in [-0.1, -0.05) is 12.1 Å². The van der Waals surface area contributed by atoms with Crippen molar-refractivity contribution in [3.8, 4) is 0 Å². The van der Waals surface area contributed by atoms with Crippen molar-refractivity contribution >= 4 is 44.5 Å². The molecule has 0 aliphatic carbocycles. The molecule has 28 heavy (non-hydrogen) atoms. The molecule has 0 saturated carbocycles. The highest BCUT2D eigenvalue weighted by Gasteiger charge is 2.17. The molecule has 5 heteroatoms. The van der Waals surface area contributed by atoms with Gasteiger partial charge in [0, 0.05) is 28.9 Å². The number of aryl methyl sites for hydroxylation is 1. The van der Waals surface area contributed by atoms with E-state index < -0.39 is 0 Å². The zero-order valence-electron chi connectivity index (χ0n) is 16.6. The Bertz CT molecular complexity index is 1110. The first-order chi connectivity index (χ1) is 13.1. The molecule has 0 atom stereocenters. The van der Waals surface area contributed by atoms with Crippen molar-refractivity contribution in [1.82, 2.24) is 4.57 Å². The maximum atomic E-state index is 12.0. The smallest absolute Gasteiger partial charge is 0.163 e. The molecule has 0 bridgehead atoms. The molecule has 0 fully saturated rings. The second kappa shape index (κ2) is 7.00. The summed E-state index contributed by atoms with van der Waals surface area (Å²) in [6.07, 6.45) is 0. The van der Waals surface area contributed by atoms with Crippen LogP contribution in [0, 0.1) is 0 Å². The second-order valence-corrected chi connectivity index (χ2v) is 7.06. The van der Waals surface area contributed by atoms with E-state index in [0.29, 0.717) is 11.1 Å². The lowest BCUT2D eigenvalue weighted by molar-refractivity contribution is -0.112. The number of carbonyl (C=O) groups excluding carboxylic acids is 2. The van der Waals surface area contributed by atoms with Crippen molar-refractivity contribution in [3.05, 3.63) is 59.0 Å². The summed E-state index contributed by atoms with van der Waals surface area (Å²) in [6, 6.07) is 11.2. The highest BCUT2D eigenvalue weighted by atomic mass is 16.3. The van der Waals surface area contributed by atoms with E-state index >= 15 is 0 Å². The molecule has 2 aromatic carbocycles. The third kappa shape index (κ3) is 3.09. The molecule has 0 radical (unpaired) electrons. The highest BCUT2D eigenvalue weighted by Crippen LogP contribution is 2.33. The van der Waals surface area contributed by atoms with Crippen molar-refractivity contribution in [3.63, 3.8) is 0 Å². The molecule has 0 aliphatic heterocycles. The van der Waals surface area contributed by atoms with Crippen LogP contribution in [0.1, 0.15) is 38.8 Å². The molecule has 3 rings (SSSR count). The Morgan fingerprint density at radius 3 is 1.36 bits per heavy atom. The van der Waals surface area contributed by atoms with Gasteiger partial charge in [0.1, 0.15) is 11.5 Å². The molecule has 144 valence electrons. The summed E-state index contributed by atoms with van der Waals surface area (Å²) < 4.78 is 2.03. The van der Waals surface area contributed by atoms with Crippen LogP contribution in [0.3, 0.4) is 0 Å². The van der Waals surface area contributed by atoms with E-state index in [4.69, 9.17) is 0 Å². The third-order valence-corrected chi connectivity index (χ3v) is 5.01. The van der Waals surface area contributed by atoms with Gasteiger partial charge < -0.3 is 14.8 Å². The van der Waals surface area contributed by atoms with E-state index in [9.17, 15) is 19.8 Å². The maximum absolute atomic E-state index is 12.0. The largest absolute Gasteiger partial charge is 0.512 e.